The fourth-order valence-corrected chi connectivity index (χ4v) is 3.34. The lowest BCUT2D eigenvalue weighted by molar-refractivity contribution is 0.559. The van der Waals surface area contributed by atoms with Crippen LogP contribution in [0.15, 0.2) is 47.7 Å². The highest BCUT2D eigenvalue weighted by atomic mass is 35.5. The molecule has 0 spiro atoms. The predicted octanol–water partition coefficient (Wildman–Crippen LogP) is 3.91. The van der Waals surface area contributed by atoms with Gasteiger partial charge in [0.1, 0.15) is 10.8 Å². The molecule has 0 aliphatic carbocycles. The maximum absolute atomic E-state index is 12.5. The molecule has 0 aliphatic rings. The standard InChI is InChI=1S/C20H18Cl2N8O/c1-20(2,17-23-7-4-8-24-17)29-15-12-9-11(5-6-14(12)30(3)19(31)28-15)26-16-13(21)10-25-18(22)27-16/h4-10H,1-3H3,(H,25,26,27)(H,28,29,31). The average molecular weight is 457 g/mol. The minimum Gasteiger partial charge on any atom is -0.357 e. The number of aryl methyl sites for hydroxylation is 1. The molecule has 9 nitrogen and oxygen atoms in total. The van der Waals surface area contributed by atoms with Crippen molar-refractivity contribution in [3.8, 4) is 0 Å². The van der Waals surface area contributed by atoms with Crippen molar-refractivity contribution in [2.24, 2.45) is 7.05 Å². The zero-order valence-corrected chi connectivity index (χ0v) is 18.4. The van der Waals surface area contributed by atoms with E-state index in [1.54, 1.807) is 25.5 Å². The molecule has 0 radical (unpaired) electrons. The summed E-state index contributed by atoms with van der Waals surface area (Å²) in [6.07, 6.45) is 4.75. The van der Waals surface area contributed by atoms with Crippen molar-refractivity contribution in [3.05, 3.63) is 69.5 Å². The highest BCUT2D eigenvalue weighted by Gasteiger charge is 2.25. The van der Waals surface area contributed by atoms with Crippen LogP contribution in [0.2, 0.25) is 10.3 Å². The largest absolute Gasteiger partial charge is 0.357 e. The average Bonchev–Trinajstić information content (AvgIpc) is 2.75. The number of benzene rings is 1. The van der Waals surface area contributed by atoms with E-state index < -0.39 is 5.54 Å². The van der Waals surface area contributed by atoms with Gasteiger partial charge in [-0.3, -0.25) is 4.57 Å². The third-order valence-electron chi connectivity index (χ3n) is 4.64. The van der Waals surface area contributed by atoms with Gasteiger partial charge in [-0.2, -0.15) is 9.97 Å². The zero-order valence-electron chi connectivity index (χ0n) is 16.9. The lowest BCUT2D eigenvalue weighted by atomic mass is 10.0. The summed E-state index contributed by atoms with van der Waals surface area (Å²) in [7, 11) is 1.67. The number of hydrogen-bond acceptors (Lipinski definition) is 8. The van der Waals surface area contributed by atoms with Crippen molar-refractivity contribution in [2.45, 2.75) is 19.4 Å². The van der Waals surface area contributed by atoms with E-state index in [4.69, 9.17) is 23.2 Å². The molecule has 1 aromatic carbocycles. The molecule has 0 unspecified atom stereocenters. The molecule has 11 heteroatoms. The quantitative estimate of drug-likeness (QED) is 0.434. The maximum atomic E-state index is 12.5. The van der Waals surface area contributed by atoms with Crippen LogP contribution in [0.1, 0.15) is 19.7 Å². The number of aromatic nitrogens is 6. The molecule has 0 bridgehead atoms. The first-order chi connectivity index (χ1) is 14.7. The Morgan fingerprint density at radius 2 is 1.77 bits per heavy atom. The van der Waals surface area contributed by atoms with Crippen LogP contribution in [-0.4, -0.2) is 29.5 Å². The summed E-state index contributed by atoms with van der Waals surface area (Å²) < 4.78 is 1.48. The second-order valence-electron chi connectivity index (χ2n) is 7.32. The number of hydrogen-bond donors (Lipinski definition) is 2. The Balaban J connectivity index is 1.80. The van der Waals surface area contributed by atoms with Crippen molar-refractivity contribution >= 4 is 51.4 Å². The minimum atomic E-state index is -0.680. The molecule has 0 saturated carbocycles. The van der Waals surface area contributed by atoms with Gasteiger partial charge in [0.05, 0.1) is 17.3 Å². The lowest BCUT2D eigenvalue weighted by Gasteiger charge is -2.26. The molecule has 2 N–H and O–H groups in total. The predicted molar refractivity (Wildman–Crippen MR) is 121 cm³/mol. The summed E-state index contributed by atoms with van der Waals surface area (Å²) in [5, 5.41) is 7.54. The van der Waals surface area contributed by atoms with Crippen LogP contribution >= 0.6 is 23.2 Å². The van der Waals surface area contributed by atoms with Gasteiger partial charge in [0.15, 0.2) is 11.6 Å². The summed E-state index contributed by atoms with van der Waals surface area (Å²) >= 11 is 12.0. The van der Waals surface area contributed by atoms with E-state index in [1.165, 1.54) is 10.8 Å². The van der Waals surface area contributed by atoms with Crippen molar-refractivity contribution < 1.29 is 0 Å². The van der Waals surface area contributed by atoms with Gasteiger partial charge in [-0.15, -0.1) is 0 Å². The van der Waals surface area contributed by atoms with Gasteiger partial charge in [-0.05, 0) is 49.7 Å². The Hall–Kier alpha value is -3.30. The van der Waals surface area contributed by atoms with E-state index in [0.717, 1.165) is 0 Å². The third kappa shape index (κ3) is 4.28. The van der Waals surface area contributed by atoms with Crippen LogP contribution in [0, 0.1) is 0 Å². The van der Waals surface area contributed by atoms with Crippen molar-refractivity contribution in [1.82, 2.24) is 29.5 Å². The highest BCUT2D eigenvalue weighted by molar-refractivity contribution is 6.33. The Kier molecular flexibility index (Phi) is 5.47. The fraction of sp³-hybridized carbons (Fsp3) is 0.200. The van der Waals surface area contributed by atoms with E-state index in [9.17, 15) is 4.79 Å². The zero-order chi connectivity index (χ0) is 22.2. The normalized spacial score (nSPS) is 11.5. The first kappa shape index (κ1) is 21.0. The summed E-state index contributed by atoms with van der Waals surface area (Å²) in [6, 6.07) is 7.21. The smallest absolute Gasteiger partial charge is 0.349 e. The first-order valence-electron chi connectivity index (χ1n) is 9.26. The van der Waals surface area contributed by atoms with Crippen LogP contribution in [0.3, 0.4) is 0 Å². The van der Waals surface area contributed by atoms with Gasteiger partial charge in [-0.25, -0.2) is 19.7 Å². The highest BCUT2D eigenvalue weighted by Crippen LogP contribution is 2.30. The van der Waals surface area contributed by atoms with Crippen LogP contribution in [0.5, 0.6) is 0 Å². The van der Waals surface area contributed by atoms with Gasteiger partial charge in [0, 0.05) is 30.5 Å². The number of anilines is 3. The summed E-state index contributed by atoms with van der Waals surface area (Å²) in [5.41, 5.74) is 0.317. The maximum Gasteiger partial charge on any atom is 0.349 e. The molecule has 0 atom stereocenters. The van der Waals surface area contributed by atoms with Gasteiger partial charge in [0.25, 0.3) is 0 Å². The lowest BCUT2D eigenvalue weighted by Crippen LogP contribution is -2.33. The molecular formula is C20H18Cl2N8O. The number of nitrogens with one attached hydrogen (secondary N) is 2. The molecule has 158 valence electrons. The van der Waals surface area contributed by atoms with Crippen molar-refractivity contribution in [2.75, 3.05) is 10.6 Å². The number of rotatable bonds is 5. The van der Waals surface area contributed by atoms with Crippen LogP contribution in [0.4, 0.5) is 17.3 Å². The Labute approximate surface area is 187 Å². The number of halogens is 2. The minimum absolute atomic E-state index is 0.0729. The first-order valence-corrected chi connectivity index (χ1v) is 10.0. The molecule has 3 aromatic heterocycles. The summed E-state index contributed by atoms with van der Waals surface area (Å²) in [6.45, 7) is 3.83. The Bertz CT molecular complexity index is 1320. The second-order valence-corrected chi connectivity index (χ2v) is 8.06. The van der Waals surface area contributed by atoms with E-state index in [2.05, 4.69) is 35.6 Å². The van der Waals surface area contributed by atoms with Crippen LogP contribution in [-0.2, 0) is 12.6 Å². The Morgan fingerprint density at radius 3 is 2.52 bits per heavy atom. The molecule has 0 saturated heterocycles. The van der Waals surface area contributed by atoms with Crippen molar-refractivity contribution in [3.63, 3.8) is 0 Å². The molecule has 0 amide bonds. The van der Waals surface area contributed by atoms with E-state index in [1.807, 2.05) is 32.0 Å². The molecule has 4 aromatic rings. The van der Waals surface area contributed by atoms with Gasteiger partial charge < -0.3 is 10.6 Å². The number of fused-ring (bicyclic) bond motifs is 1. The molecule has 4 rings (SSSR count). The fourth-order valence-electron chi connectivity index (χ4n) is 3.07. The summed E-state index contributed by atoms with van der Waals surface area (Å²) in [5.74, 6) is 1.35. The van der Waals surface area contributed by atoms with Gasteiger partial charge in [-0.1, -0.05) is 11.6 Å². The number of nitrogens with zero attached hydrogens (tertiary/aromatic N) is 6. The summed E-state index contributed by atoms with van der Waals surface area (Å²) in [4.78, 5) is 33.3. The topological polar surface area (TPSA) is 111 Å². The third-order valence-corrected chi connectivity index (χ3v) is 5.10. The van der Waals surface area contributed by atoms with Crippen molar-refractivity contribution in [1.29, 1.82) is 0 Å². The Morgan fingerprint density at radius 1 is 1.03 bits per heavy atom. The van der Waals surface area contributed by atoms with E-state index in [0.29, 0.717) is 39.1 Å². The molecule has 3 heterocycles. The van der Waals surface area contributed by atoms with Gasteiger partial charge >= 0.3 is 5.69 Å². The molecule has 0 aliphatic heterocycles. The monoisotopic (exact) mass is 456 g/mol. The second kappa shape index (κ2) is 8.09. The molecule has 0 fully saturated rings. The van der Waals surface area contributed by atoms with E-state index in [-0.39, 0.29) is 11.0 Å². The SMILES string of the molecule is Cn1c(=O)nc(NC(C)(C)c2ncccn2)c2cc(Nc3nc(Cl)ncc3Cl)ccc21. The molecule has 31 heavy (non-hydrogen) atoms. The van der Waals surface area contributed by atoms with Crippen LogP contribution < -0.4 is 16.3 Å². The molecular weight excluding hydrogens is 439 g/mol. The van der Waals surface area contributed by atoms with E-state index >= 15 is 0 Å². The van der Waals surface area contributed by atoms with Crippen LogP contribution in [0.25, 0.3) is 10.9 Å². The van der Waals surface area contributed by atoms with Gasteiger partial charge in [0.2, 0.25) is 5.28 Å².